The molecule has 2 N–H and O–H groups in total. The number of ether oxygens (including phenoxy) is 1. The second-order valence-corrected chi connectivity index (χ2v) is 9.54. The number of likely N-dealkylation sites (tertiary alicyclic amines) is 1. The largest absolute Gasteiger partial charge is 0.481 e. The Morgan fingerprint density at radius 3 is 2.21 bits per heavy atom. The number of piperidine rings is 1. The van der Waals surface area contributed by atoms with Gasteiger partial charge in [0.15, 0.2) is 0 Å². The molecule has 7 heteroatoms. The number of benzene rings is 2. The highest BCUT2D eigenvalue weighted by Gasteiger charge is 2.36. The zero-order valence-electron chi connectivity index (χ0n) is 19.9. The monoisotopic (exact) mass is 464 g/mol. The van der Waals surface area contributed by atoms with Crippen molar-refractivity contribution < 1.29 is 24.2 Å². The first-order valence-corrected chi connectivity index (χ1v) is 11.9. The third-order valence-electron chi connectivity index (χ3n) is 7.36. The Hall–Kier alpha value is -3.35. The van der Waals surface area contributed by atoms with E-state index in [1.807, 2.05) is 31.2 Å². The van der Waals surface area contributed by atoms with Crippen molar-refractivity contribution in [1.29, 1.82) is 0 Å². The smallest absolute Gasteiger partial charge is 0.407 e. The van der Waals surface area contributed by atoms with Gasteiger partial charge in [-0.15, -0.1) is 0 Å². The van der Waals surface area contributed by atoms with Crippen LogP contribution in [0.1, 0.15) is 44.2 Å². The van der Waals surface area contributed by atoms with Gasteiger partial charge in [-0.1, -0.05) is 62.4 Å². The van der Waals surface area contributed by atoms with Crippen LogP contribution in [0.25, 0.3) is 11.1 Å². The number of hydrogen-bond donors (Lipinski definition) is 2. The predicted octanol–water partition coefficient (Wildman–Crippen LogP) is 4.12. The zero-order chi connectivity index (χ0) is 24.4. The number of carboxylic acids is 1. The number of fused-ring (bicyclic) bond motifs is 3. The first-order chi connectivity index (χ1) is 16.3. The summed E-state index contributed by atoms with van der Waals surface area (Å²) in [6.07, 6.45) is -0.102. The Morgan fingerprint density at radius 1 is 1.06 bits per heavy atom. The lowest BCUT2D eigenvalue weighted by atomic mass is 9.86. The van der Waals surface area contributed by atoms with Gasteiger partial charge in [-0.05, 0) is 41.5 Å². The minimum atomic E-state index is -0.807. The molecule has 0 bridgehead atoms. The van der Waals surface area contributed by atoms with E-state index in [1.165, 1.54) is 11.1 Å². The zero-order valence-corrected chi connectivity index (χ0v) is 19.9. The first-order valence-electron chi connectivity index (χ1n) is 11.9. The molecule has 180 valence electrons. The number of alkyl carbamates (subject to hydrolysis) is 1. The Balaban J connectivity index is 1.32. The summed E-state index contributed by atoms with van der Waals surface area (Å²) in [6, 6.07) is 15.9. The van der Waals surface area contributed by atoms with E-state index in [-0.39, 0.29) is 24.3 Å². The van der Waals surface area contributed by atoms with Gasteiger partial charge in [-0.2, -0.15) is 0 Å². The van der Waals surface area contributed by atoms with Crippen LogP contribution in [-0.2, 0) is 14.3 Å². The summed E-state index contributed by atoms with van der Waals surface area (Å²) in [6.45, 7) is 6.48. The standard InChI is InChI=1S/C27H32N2O5/c1-16-14-29(13-12-19(16)26(31)32)25(30)17(2)18(3)28-27(33)34-15-24-22-10-6-4-8-20(22)21-9-5-7-11-23(21)24/h4-11,16-19,24H,12-15H2,1-3H3,(H,28,33)(H,31,32). The highest BCUT2D eigenvalue weighted by atomic mass is 16.5. The van der Waals surface area contributed by atoms with E-state index in [0.717, 1.165) is 11.1 Å². The third-order valence-corrected chi connectivity index (χ3v) is 7.36. The van der Waals surface area contributed by atoms with Gasteiger partial charge in [0.25, 0.3) is 0 Å². The molecule has 2 aromatic rings. The van der Waals surface area contributed by atoms with Crippen molar-refractivity contribution in [1.82, 2.24) is 10.2 Å². The Labute approximate surface area is 200 Å². The molecule has 1 fully saturated rings. The third kappa shape index (κ3) is 4.65. The second-order valence-electron chi connectivity index (χ2n) is 9.54. The molecule has 1 aliphatic heterocycles. The summed E-state index contributed by atoms with van der Waals surface area (Å²) in [7, 11) is 0. The lowest BCUT2D eigenvalue weighted by Gasteiger charge is -2.37. The van der Waals surface area contributed by atoms with E-state index in [1.54, 1.807) is 18.7 Å². The molecule has 1 aliphatic carbocycles. The van der Waals surface area contributed by atoms with Crippen LogP contribution in [0.15, 0.2) is 48.5 Å². The number of amides is 2. The number of carbonyl (C=O) groups excluding carboxylic acids is 2. The number of carbonyl (C=O) groups is 3. The maximum atomic E-state index is 13.0. The van der Waals surface area contributed by atoms with Crippen molar-refractivity contribution in [3.63, 3.8) is 0 Å². The molecule has 2 amide bonds. The van der Waals surface area contributed by atoms with Crippen molar-refractivity contribution in [2.45, 2.75) is 39.2 Å². The van der Waals surface area contributed by atoms with Gasteiger partial charge >= 0.3 is 12.1 Å². The van der Waals surface area contributed by atoms with Crippen molar-refractivity contribution >= 4 is 18.0 Å². The maximum absolute atomic E-state index is 13.0. The number of rotatable bonds is 6. The Morgan fingerprint density at radius 2 is 1.65 bits per heavy atom. The molecule has 2 aromatic carbocycles. The lowest BCUT2D eigenvalue weighted by molar-refractivity contribution is -0.149. The van der Waals surface area contributed by atoms with Crippen LogP contribution in [0.4, 0.5) is 4.79 Å². The molecule has 0 spiro atoms. The van der Waals surface area contributed by atoms with Crippen LogP contribution in [0.5, 0.6) is 0 Å². The van der Waals surface area contributed by atoms with E-state index in [2.05, 4.69) is 29.6 Å². The van der Waals surface area contributed by atoms with E-state index in [0.29, 0.717) is 19.5 Å². The SMILES string of the molecule is CC1CN(C(=O)C(C)C(C)NC(=O)OCC2c3ccccc3-c3ccccc32)CCC1C(=O)O. The summed E-state index contributed by atoms with van der Waals surface area (Å²) < 4.78 is 5.60. The molecular weight excluding hydrogens is 432 g/mol. The van der Waals surface area contributed by atoms with Gasteiger partial charge in [-0.3, -0.25) is 9.59 Å². The van der Waals surface area contributed by atoms with Gasteiger partial charge in [0.1, 0.15) is 6.61 Å². The van der Waals surface area contributed by atoms with Crippen LogP contribution < -0.4 is 5.32 Å². The number of nitrogens with one attached hydrogen (secondary N) is 1. The molecule has 4 atom stereocenters. The number of aliphatic carboxylic acids is 1. The molecule has 0 radical (unpaired) electrons. The molecule has 0 aromatic heterocycles. The van der Waals surface area contributed by atoms with Crippen LogP contribution in [0.2, 0.25) is 0 Å². The maximum Gasteiger partial charge on any atom is 0.407 e. The summed E-state index contributed by atoms with van der Waals surface area (Å²) in [4.78, 5) is 38.6. The quantitative estimate of drug-likeness (QED) is 0.671. The molecule has 1 heterocycles. The van der Waals surface area contributed by atoms with Gasteiger partial charge in [0.2, 0.25) is 5.91 Å². The van der Waals surface area contributed by atoms with Gasteiger partial charge in [-0.25, -0.2) is 4.79 Å². The van der Waals surface area contributed by atoms with E-state index < -0.39 is 29.9 Å². The van der Waals surface area contributed by atoms with Crippen LogP contribution >= 0.6 is 0 Å². The van der Waals surface area contributed by atoms with E-state index >= 15 is 0 Å². The number of nitrogens with zero attached hydrogens (tertiary/aromatic N) is 1. The summed E-state index contributed by atoms with van der Waals surface area (Å²) in [5.74, 6) is -1.89. The highest BCUT2D eigenvalue weighted by Crippen LogP contribution is 2.44. The van der Waals surface area contributed by atoms with Gasteiger partial charge in [0.05, 0.1) is 11.8 Å². The van der Waals surface area contributed by atoms with E-state index in [9.17, 15) is 19.5 Å². The van der Waals surface area contributed by atoms with Crippen molar-refractivity contribution in [2.24, 2.45) is 17.8 Å². The van der Waals surface area contributed by atoms with Gasteiger partial charge in [0, 0.05) is 25.0 Å². The minimum Gasteiger partial charge on any atom is -0.481 e. The molecule has 34 heavy (non-hydrogen) atoms. The fourth-order valence-electron chi connectivity index (χ4n) is 5.17. The Kier molecular flexibility index (Phi) is 6.91. The van der Waals surface area contributed by atoms with Crippen molar-refractivity contribution in [2.75, 3.05) is 19.7 Å². The fraction of sp³-hybridized carbons (Fsp3) is 0.444. The average Bonchev–Trinajstić information content (AvgIpc) is 3.15. The highest BCUT2D eigenvalue weighted by molar-refractivity contribution is 5.81. The van der Waals surface area contributed by atoms with Crippen LogP contribution in [-0.4, -0.2) is 53.7 Å². The van der Waals surface area contributed by atoms with Gasteiger partial charge < -0.3 is 20.1 Å². The van der Waals surface area contributed by atoms with Crippen LogP contribution in [0.3, 0.4) is 0 Å². The molecule has 7 nitrogen and oxygen atoms in total. The fourth-order valence-corrected chi connectivity index (χ4v) is 5.17. The molecule has 2 aliphatic rings. The topological polar surface area (TPSA) is 95.9 Å². The summed E-state index contributed by atoms with van der Waals surface area (Å²) >= 11 is 0. The summed E-state index contributed by atoms with van der Waals surface area (Å²) in [5.41, 5.74) is 4.63. The molecular formula is C27H32N2O5. The predicted molar refractivity (Wildman–Crippen MR) is 128 cm³/mol. The van der Waals surface area contributed by atoms with Crippen molar-refractivity contribution in [3.05, 3.63) is 59.7 Å². The normalized spacial score (nSPS) is 21.2. The number of carboxylic acid groups (broad SMARTS) is 1. The molecule has 4 rings (SSSR count). The molecule has 0 saturated carbocycles. The molecule has 4 unspecified atom stereocenters. The van der Waals surface area contributed by atoms with Crippen molar-refractivity contribution in [3.8, 4) is 11.1 Å². The van der Waals surface area contributed by atoms with E-state index in [4.69, 9.17) is 4.74 Å². The van der Waals surface area contributed by atoms with Crippen LogP contribution in [0, 0.1) is 17.8 Å². The molecule has 1 saturated heterocycles. The lowest BCUT2D eigenvalue weighted by Crippen LogP contribution is -2.50. The Bertz CT molecular complexity index is 1040. The number of hydrogen-bond acceptors (Lipinski definition) is 4. The average molecular weight is 465 g/mol. The summed E-state index contributed by atoms with van der Waals surface area (Å²) in [5, 5.41) is 12.1. The first kappa shape index (κ1) is 23.8. The second kappa shape index (κ2) is 9.87. The minimum absolute atomic E-state index is 0.0236.